The van der Waals surface area contributed by atoms with E-state index < -0.39 is 0 Å². The van der Waals surface area contributed by atoms with Crippen LogP contribution in [0.3, 0.4) is 0 Å². The van der Waals surface area contributed by atoms with Crippen LogP contribution in [0.25, 0.3) is 0 Å². The number of rotatable bonds is 10. The molecule has 0 fully saturated rings. The summed E-state index contributed by atoms with van der Waals surface area (Å²) in [5.74, 6) is 0. The van der Waals surface area contributed by atoms with Crippen molar-refractivity contribution in [3.05, 3.63) is 35.9 Å². The highest BCUT2D eigenvalue weighted by Crippen LogP contribution is 2.11. The van der Waals surface area contributed by atoms with Gasteiger partial charge < -0.3 is 9.38 Å². The minimum Gasteiger partial charge on any atom is -0.325 e. The summed E-state index contributed by atoms with van der Waals surface area (Å²) in [6.07, 6.45) is 5.43. The first-order valence-corrected chi connectivity index (χ1v) is 8.08. The summed E-state index contributed by atoms with van der Waals surface area (Å²) in [6, 6.07) is 10.8. The first-order chi connectivity index (χ1) is 9.53. The van der Waals surface area contributed by atoms with Gasteiger partial charge in [-0.05, 0) is 39.4 Å². The van der Waals surface area contributed by atoms with Crippen molar-refractivity contribution in [2.24, 2.45) is 0 Å². The van der Waals surface area contributed by atoms with Crippen LogP contribution in [0, 0.1) is 0 Å². The van der Waals surface area contributed by atoms with Crippen LogP contribution in [-0.4, -0.2) is 50.2 Å². The molecule has 114 valence electrons. The van der Waals surface area contributed by atoms with E-state index in [1.54, 1.807) is 0 Å². The summed E-state index contributed by atoms with van der Waals surface area (Å²) in [4.78, 5) is 2.40. The van der Waals surface area contributed by atoms with Crippen LogP contribution in [0.15, 0.2) is 30.3 Å². The quantitative estimate of drug-likeness (QED) is 0.465. The zero-order valence-corrected chi connectivity index (χ0v) is 13.9. The molecule has 0 radical (unpaired) electrons. The topological polar surface area (TPSA) is 3.24 Å². The van der Waals surface area contributed by atoms with E-state index in [1.807, 2.05) is 0 Å². The molecule has 1 aromatic rings. The molecule has 0 aliphatic carbocycles. The molecule has 0 aliphatic heterocycles. The lowest BCUT2D eigenvalue weighted by atomic mass is 10.1. The second kappa shape index (κ2) is 9.15. The third-order valence-electron chi connectivity index (χ3n) is 4.05. The van der Waals surface area contributed by atoms with Gasteiger partial charge in [-0.25, -0.2) is 0 Å². The van der Waals surface area contributed by atoms with Gasteiger partial charge in [-0.2, -0.15) is 0 Å². The highest BCUT2D eigenvalue weighted by Gasteiger charge is 2.14. The number of unbranched alkanes of at least 4 members (excludes halogenated alkanes) is 3. The summed E-state index contributed by atoms with van der Waals surface area (Å²) in [5, 5.41) is 0. The number of hydrogen-bond acceptors (Lipinski definition) is 1. The van der Waals surface area contributed by atoms with Gasteiger partial charge in [0, 0.05) is 5.56 Å². The molecule has 0 saturated carbocycles. The summed E-state index contributed by atoms with van der Waals surface area (Å²) in [7, 11) is 6.90. The normalized spacial score (nSPS) is 12.1. The maximum Gasteiger partial charge on any atom is 0.104 e. The monoisotopic (exact) mass is 277 g/mol. The Morgan fingerprint density at radius 3 is 2.25 bits per heavy atom. The first kappa shape index (κ1) is 17.2. The minimum atomic E-state index is 1.10. The van der Waals surface area contributed by atoms with Crippen molar-refractivity contribution in [2.75, 3.05) is 40.8 Å². The molecule has 20 heavy (non-hydrogen) atoms. The zero-order chi connectivity index (χ0) is 14.8. The van der Waals surface area contributed by atoms with Crippen molar-refractivity contribution < 1.29 is 4.48 Å². The number of nitrogens with zero attached hydrogens (tertiary/aromatic N) is 2. The Balaban J connectivity index is 2.14. The minimum absolute atomic E-state index is 1.10. The molecule has 0 spiro atoms. The molecular formula is C18H33N2+. The molecule has 2 heteroatoms. The average Bonchev–Trinajstić information content (AvgIpc) is 2.43. The molecule has 0 unspecified atom stereocenters. The Bertz CT molecular complexity index is 346. The maximum absolute atomic E-state index is 2.40. The van der Waals surface area contributed by atoms with Gasteiger partial charge in [0.2, 0.25) is 0 Å². The SMILES string of the molecule is CCN(C)CCCCCC[N+](C)(C)Cc1ccccc1. The van der Waals surface area contributed by atoms with Crippen LogP contribution in [0.5, 0.6) is 0 Å². The van der Waals surface area contributed by atoms with E-state index in [2.05, 4.69) is 63.3 Å². The largest absolute Gasteiger partial charge is 0.325 e. The second-order valence-corrected chi connectivity index (χ2v) is 6.61. The van der Waals surface area contributed by atoms with E-state index in [0.717, 1.165) is 11.0 Å². The third-order valence-corrected chi connectivity index (χ3v) is 4.05. The number of hydrogen-bond donors (Lipinski definition) is 0. The van der Waals surface area contributed by atoms with Crippen molar-refractivity contribution in [3.63, 3.8) is 0 Å². The van der Waals surface area contributed by atoms with Gasteiger partial charge in [0.1, 0.15) is 6.54 Å². The summed E-state index contributed by atoms with van der Waals surface area (Å²) in [6.45, 7) is 7.06. The van der Waals surface area contributed by atoms with E-state index in [1.165, 1.54) is 50.9 Å². The van der Waals surface area contributed by atoms with E-state index >= 15 is 0 Å². The van der Waals surface area contributed by atoms with Crippen LogP contribution in [-0.2, 0) is 6.54 Å². The van der Waals surface area contributed by atoms with Crippen molar-refractivity contribution in [1.29, 1.82) is 0 Å². The fraction of sp³-hybridized carbons (Fsp3) is 0.667. The van der Waals surface area contributed by atoms with E-state index in [0.29, 0.717) is 0 Å². The Kier molecular flexibility index (Phi) is 7.86. The molecule has 0 N–H and O–H groups in total. The van der Waals surface area contributed by atoms with Crippen LogP contribution in [0.4, 0.5) is 0 Å². The van der Waals surface area contributed by atoms with Crippen LogP contribution >= 0.6 is 0 Å². The average molecular weight is 277 g/mol. The fourth-order valence-corrected chi connectivity index (χ4v) is 2.59. The third kappa shape index (κ3) is 7.66. The van der Waals surface area contributed by atoms with Crippen molar-refractivity contribution >= 4 is 0 Å². The van der Waals surface area contributed by atoms with Crippen LogP contribution in [0.2, 0.25) is 0 Å². The Morgan fingerprint density at radius 1 is 0.950 bits per heavy atom. The van der Waals surface area contributed by atoms with Gasteiger partial charge in [0.15, 0.2) is 0 Å². The molecule has 0 aliphatic rings. The fourth-order valence-electron chi connectivity index (χ4n) is 2.59. The van der Waals surface area contributed by atoms with Gasteiger partial charge >= 0.3 is 0 Å². The van der Waals surface area contributed by atoms with Gasteiger partial charge in [-0.15, -0.1) is 0 Å². The highest BCUT2D eigenvalue weighted by molar-refractivity contribution is 5.13. The summed E-state index contributed by atoms with van der Waals surface area (Å²) in [5.41, 5.74) is 1.45. The standard InChI is InChI=1S/C18H33N2/c1-5-19(2)15-11-6-7-12-16-20(3,4)17-18-13-9-8-10-14-18/h8-10,13-14H,5-7,11-12,15-17H2,1-4H3/q+1. The van der Waals surface area contributed by atoms with Crippen molar-refractivity contribution in [2.45, 2.75) is 39.2 Å². The number of quaternary nitrogens is 1. The van der Waals surface area contributed by atoms with E-state index in [4.69, 9.17) is 0 Å². The Labute approximate surface area is 126 Å². The van der Waals surface area contributed by atoms with Gasteiger partial charge in [-0.1, -0.05) is 43.7 Å². The molecule has 0 heterocycles. The van der Waals surface area contributed by atoms with Gasteiger partial charge in [-0.3, -0.25) is 0 Å². The molecule has 1 rings (SSSR count). The van der Waals surface area contributed by atoms with E-state index in [9.17, 15) is 0 Å². The molecule has 0 atom stereocenters. The second-order valence-electron chi connectivity index (χ2n) is 6.61. The Hall–Kier alpha value is -0.860. The lowest BCUT2D eigenvalue weighted by Crippen LogP contribution is -2.39. The van der Waals surface area contributed by atoms with Crippen molar-refractivity contribution in [1.82, 2.24) is 4.90 Å². The molecule has 0 saturated heterocycles. The summed E-state index contributed by atoms with van der Waals surface area (Å²) < 4.78 is 1.10. The summed E-state index contributed by atoms with van der Waals surface area (Å²) >= 11 is 0. The maximum atomic E-state index is 2.40. The van der Waals surface area contributed by atoms with Crippen LogP contribution in [0.1, 0.15) is 38.2 Å². The molecule has 0 bridgehead atoms. The first-order valence-electron chi connectivity index (χ1n) is 8.08. The molecule has 0 aromatic heterocycles. The molecular weight excluding hydrogens is 244 g/mol. The zero-order valence-electron chi connectivity index (χ0n) is 13.9. The van der Waals surface area contributed by atoms with Crippen LogP contribution < -0.4 is 0 Å². The lowest BCUT2D eigenvalue weighted by molar-refractivity contribution is -0.903. The highest BCUT2D eigenvalue weighted by atomic mass is 15.3. The van der Waals surface area contributed by atoms with E-state index in [-0.39, 0.29) is 0 Å². The molecule has 0 amide bonds. The van der Waals surface area contributed by atoms with Gasteiger partial charge in [0.05, 0.1) is 20.6 Å². The Morgan fingerprint density at radius 2 is 1.60 bits per heavy atom. The number of benzene rings is 1. The molecule has 1 aromatic carbocycles. The van der Waals surface area contributed by atoms with Crippen molar-refractivity contribution in [3.8, 4) is 0 Å². The predicted octanol–water partition coefficient (Wildman–Crippen LogP) is 3.78. The smallest absolute Gasteiger partial charge is 0.104 e. The van der Waals surface area contributed by atoms with Gasteiger partial charge in [0.25, 0.3) is 0 Å². The molecule has 2 nitrogen and oxygen atoms in total. The predicted molar refractivity (Wildman–Crippen MR) is 88.8 cm³/mol. The lowest BCUT2D eigenvalue weighted by Gasteiger charge is -2.30.